The summed E-state index contributed by atoms with van der Waals surface area (Å²) >= 11 is 0. The predicted octanol–water partition coefficient (Wildman–Crippen LogP) is 3.34. The molecule has 0 unspecified atom stereocenters. The van der Waals surface area contributed by atoms with Crippen molar-refractivity contribution in [3.63, 3.8) is 0 Å². The fourth-order valence-electron chi connectivity index (χ4n) is 5.97. The molecule has 3 fully saturated rings. The van der Waals surface area contributed by atoms with E-state index in [0.29, 0.717) is 25.2 Å². The summed E-state index contributed by atoms with van der Waals surface area (Å²) in [5.74, 6) is 2.42. The maximum absolute atomic E-state index is 12.9. The van der Waals surface area contributed by atoms with Crippen LogP contribution in [0.5, 0.6) is 5.75 Å². The topological polar surface area (TPSA) is 122 Å². The number of imidazole rings is 1. The van der Waals surface area contributed by atoms with E-state index in [1.165, 1.54) is 19.3 Å². The van der Waals surface area contributed by atoms with Gasteiger partial charge in [0.2, 0.25) is 11.4 Å². The third-order valence-corrected chi connectivity index (χ3v) is 8.24. The van der Waals surface area contributed by atoms with Crippen LogP contribution in [-0.4, -0.2) is 78.3 Å². The van der Waals surface area contributed by atoms with Crippen molar-refractivity contribution in [2.75, 3.05) is 62.0 Å². The van der Waals surface area contributed by atoms with Crippen LogP contribution in [-0.2, 0) is 9.53 Å². The fourth-order valence-corrected chi connectivity index (χ4v) is 5.97. The average molecular weight is 536 g/mol. The maximum atomic E-state index is 12.9. The maximum Gasteiger partial charge on any atom is 0.307 e. The Kier molecular flexibility index (Phi) is 7.67. The van der Waals surface area contributed by atoms with E-state index in [1.54, 1.807) is 13.4 Å². The van der Waals surface area contributed by atoms with Gasteiger partial charge in [-0.05, 0) is 37.8 Å². The molecule has 0 radical (unpaired) electrons. The Balaban J connectivity index is 1.14. The zero-order valence-corrected chi connectivity index (χ0v) is 22.7. The van der Waals surface area contributed by atoms with Crippen LogP contribution in [0.25, 0.3) is 11.2 Å². The molecule has 208 valence electrons. The standard InChI is InChI=1S/C28H38N8O3/c1-38-23-17-21(35-11-13-36(14-12-35)27(37)19-9-15-39-16-10-19)7-8-22(23)32-28-33-25-24(29-18-30-25)26(34-28)31-20-5-3-2-4-6-20/h7-8,17-20H,2-6,9-16H2,1H3,(H3,29,30,31,32,33,34)/p+1. The lowest BCUT2D eigenvalue weighted by molar-refractivity contribution is -0.347. The van der Waals surface area contributed by atoms with Gasteiger partial charge in [0.1, 0.15) is 5.75 Å². The van der Waals surface area contributed by atoms with Gasteiger partial charge in [0.05, 0.1) is 12.8 Å². The molecule has 4 heterocycles. The van der Waals surface area contributed by atoms with Crippen LogP contribution in [0.15, 0.2) is 24.5 Å². The lowest BCUT2D eigenvalue weighted by Crippen LogP contribution is -2.51. The smallest absolute Gasteiger partial charge is 0.307 e. The molecule has 11 nitrogen and oxygen atoms in total. The monoisotopic (exact) mass is 535 g/mol. The molecule has 2 aromatic heterocycles. The number of amides is 1. The van der Waals surface area contributed by atoms with E-state index in [4.69, 9.17) is 14.5 Å². The second kappa shape index (κ2) is 11.6. The second-order valence-electron chi connectivity index (χ2n) is 10.7. The quantitative estimate of drug-likeness (QED) is 0.421. The third-order valence-electron chi connectivity index (χ3n) is 8.24. The first-order valence-corrected chi connectivity index (χ1v) is 14.3. The zero-order chi connectivity index (χ0) is 26.6. The van der Waals surface area contributed by atoms with Gasteiger partial charge in [-0.1, -0.05) is 24.2 Å². The van der Waals surface area contributed by atoms with E-state index < -0.39 is 0 Å². The van der Waals surface area contributed by atoms with Crippen molar-refractivity contribution < 1.29 is 19.3 Å². The van der Waals surface area contributed by atoms with E-state index in [1.807, 2.05) is 17.0 Å². The Hall–Kier alpha value is -3.60. The summed E-state index contributed by atoms with van der Waals surface area (Å²) in [5, 5.41) is 7.00. The number of carbonyl (C=O) groups excluding carboxylic acids is 1. The van der Waals surface area contributed by atoms with Gasteiger partial charge in [0.25, 0.3) is 0 Å². The Labute approximate surface area is 228 Å². The fraction of sp³-hybridized carbons (Fsp3) is 0.571. The highest BCUT2D eigenvalue weighted by Crippen LogP contribution is 2.33. The Morgan fingerprint density at radius 3 is 2.64 bits per heavy atom. The van der Waals surface area contributed by atoms with Crippen LogP contribution in [0.4, 0.5) is 23.1 Å². The van der Waals surface area contributed by atoms with Gasteiger partial charge in [0.15, 0.2) is 12.1 Å². The third kappa shape index (κ3) is 5.73. The number of rotatable bonds is 7. The molecule has 1 saturated carbocycles. The Bertz CT molecular complexity index is 1280. The SMILES string of the molecule is COc1cc(N2CCN(C(=O)C3CCOCC3)CC2)ccc1Nc1nc(NC2CCCCC2)c2[nH]c[nH+]c2n1. The first-order valence-electron chi connectivity index (χ1n) is 14.3. The molecule has 6 rings (SSSR count). The van der Waals surface area contributed by atoms with Crippen molar-refractivity contribution in [3.8, 4) is 5.75 Å². The van der Waals surface area contributed by atoms with Crippen LogP contribution in [0.2, 0.25) is 0 Å². The van der Waals surface area contributed by atoms with Crippen LogP contribution in [0.1, 0.15) is 44.9 Å². The summed E-state index contributed by atoms with van der Waals surface area (Å²) in [5.41, 5.74) is 3.50. The van der Waals surface area contributed by atoms with Crippen molar-refractivity contribution in [2.45, 2.75) is 51.0 Å². The molecular weight excluding hydrogens is 496 g/mol. The van der Waals surface area contributed by atoms with E-state index in [0.717, 1.165) is 86.0 Å². The molecule has 11 heteroatoms. The number of aromatic amines is 2. The largest absolute Gasteiger partial charge is 0.494 e. The molecule has 0 bridgehead atoms. The number of nitrogens with one attached hydrogen (secondary N) is 4. The van der Waals surface area contributed by atoms with E-state index in [-0.39, 0.29) is 11.8 Å². The molecule has 3 aromatic rings. The average Bonchev–Trinajstić information content (AvgIpc) is 3.47. The number of hydrogen-bond donors (Lipinski definition) is 3. The number of carbonyl (C=O) groups is 1. The Morgan fingerprint density at radius 1 is 1.08 bits per heavy atom. The van der Waals surface area contributed by atoms with E-state index >= 15 is 0 Å². The normalized spacial score (nSPS) is 19.3. The highest BCUT2D eigenvalue weighted by Gasteiger charge is 2.29. The lowest BCUT2D eigenvalue weighted by atomic mass is 9.95. The Morgan fingerprint density at radius 2 is 1.87 bits per heavy atom. The van der Waals surface area contributed by atoms with Gasteiger partial charge in [-0.2, -0.15) is 4.98 Å². The van der Waals surface area contributed by atoms with Crippen LogP contribution in [0, 0.1) is 5.92 Å². The number of fused-ring (bicyclic) bond motifs is 1. The molecule has 1 aliphatic carbocycles. The van der Waals surface area contributed by atoms with Crippen molar-refractivity contribution in [2.24, 2.45) is 5.92 Å². The number of benzene rings is 1. The molecule has 0 atom stereocenters. The van der Waals surface area contributed by atoms with Crippen molar-refractivity contribution >= 4 is 40.2 Å². The molecule has 1 aromatic carbocycles. The summed E-state index contributed by atoms with van der Waals surface area (Å²) in [7, 11) is 1.68. The van der Waals surface area contributed by atoms with Gasteiger partial charge in [-0.3, -0.25) is 9.78 Å². The second-order valence-corrected chi connectivity index (χ2v) is 10.7. The predicted molar refractivity (Wildman–Crippen MR) is 150 cm³/mol. The molecule has 2 saturated heterocycles. The van der Waals surface area contributed by atoms with Gasteiger partial charge in [-0.25, -0.2) is 4.98 Å². The minimum absolute atomic E-state index is 0.111. The number of piperazine rings is 1. The highest BCUT2D eigenvalue weighted by molar-refractivity contribution is 5.82. The minimum Gasteiger partial charge on any atom is -0.494 e. The van der Waals surface area contributed by atoms with Crippen LogP contribution < -0.4 is 25.3 Å². The number of ether oxygens (including phenoxy) is 2. The summed E-state index contributed by atoms with van der Waals surface area (Å²) in [4.78, 5) is 33.1. The first kappa shape index (κ1) is 25.7. The summed E-state index contributed by atoms with van der Waals surface area (Å²) in [6.45, 7) is 4.44. The van der Waals surface area contributed by atoms with Crippen LogP contribution in [0.3, 0.4) is 0 Å². The molecule has 4 N–H and O–H groups in total. The zero-order valence-electron chi connectivity index (χ0n) is 22.7. The molecule has 3 aliphatic rings. The molecule has 2 aliphatic heterocycles. The molecule has 0 spiro atoms. The molecule has 39 heavy (non-hydrogen) atoms. The van der Waals surface area contributed by atoms with Crippen molar-refractivity contribution in [3.05, 3.63) is 24.5 Å². The molecular formula is C28H39N8O3+. The summed E-state index contributed by atoms with van der Waals surface area (Å²) in [6.07, 6.45) is 9.57. The summed E-state index contributed by atoms with van der Waals surface area (Å²) in [6, 6.07) is 6.56. The number of methoxy groups -OCH3 is 1. The lowest BCUT2D eigenvalue weighted by Gasteiger charge is -2.38. The van der Waals surface area contributed by atoms with Gasteiger partial charge in [-0.15, -0.1) is 0 Å². The highest BCUT2D eigenvalue weighted by atomic mass is 16.5. The van der Waals surface area contributed by atoms with Crippen LogP contribution >= 0.6 is 0 Å². The molecule has 1 amide bonds. The minimum atomic E-state index is 0.111. The number of nitrogens with zero attached hydrogens (tertiary/aromatic N) is 4. The number of aromatic nitrogens is 4. The van der Waals surface area contributed by atoms with Crippen molar-refractivity contribution in [1.82, 2.24) is 19.9 Å². The summed E-state index contributed by atoms with van der Waals surface area (Å²) < 4.78 is 11.2. The van der Waals surface area contributed by atoms with Gasteiger partial charge in [0, 0.05) is 63.1 Å². The van der Waals surface area contributed by atoms with E-state index in [9.17, 15) is 4.79 Å². The van der Waals surface area contributed by atoms with Gasteiger partial charge < -0.3 is 29.9 Å². The first-order chi connectivity index (χ1) is 19.2. The number of anilines is 4. The van der Waals surface area contributed by atoms with Crippen molar-refractivity contribution in [1.29, 1.82) is 0 Å². The van der Waals surface area contributed by atoms with Gasteiger partial charge >= 0.3 is 11.6 Å². The van der Waals surface area contributed by atoms with E-state index in [2.05, 4.69) is 36.6 Å². The number of H-pyrrole nitrogens is 2. The number of hydrogen-bond acceptors (Lipinski definition) is 8.